The van der Waals surface area contributed by atoms with Crippen LogP contribution in [0.5, 0.6) is 0 Å². The number of aromatic carboxylic acids is 1. The fourth-order valence-electron chi connectivity index (χ4n) is 1.50. The molecule has 0 amide bonds. The number of pyridine rings is 1. The Hall–Kier alpha value is -2.14. The second-order valence-electron chi connectivity index (χ2n) is 3.54. The fourth-order valence-corrected chi connectivity index (χ4v) is 1.68. The lowest BCUT2D eigenvalue weighted by molar-refractivity contribution is 0.0691. The third-order valence-corrected chi connectivity index (χ3v) is 2.74. The molecule has 4 nitrogen and oxygen atoms in total. The summed E-state index contributed by atoms with van der Waals surface area (Å²) in [5.41, 5.74) is 5.54. The van der Waals surface area contributed by atoms with Crippen molar-refractivity contribution < 1.29 is 14.3 Å². The van der Waals surface area contributed by atoms with Gasteiger partial charge in [-0.2, -0.15) is 0 Å². The number of anilines is 1. The molecule has 0 atom stereocenters. The van der Waals surface area contributed by atoms with Crippen LogP contribution in [-0.4, -0.2) is 16.1 Å². The molecule has 18 heavy (non-hydrogen) atoms. The SMILES string of the molecule is Nc1cc(-c2ccccc2F)nc(C(=O)O)c1Cl. The number of aromatic nitrogens is 1. The Morgan fingerprint density at radius 1 is 1.39 bits per heavy atom. The third kappa shape index (κ3) is 2.12. The van der Waals surface area contributed by atoms with Crippen molar-refractivity contribution in [3.8, 4) is 11.3 Å². The molecule has 0 aliphatic heterocycles. The topological polar surface area (TPSA) is 76.2 Å². The van der Waals surface area contributed by atoms with Crippen LogP contribution in [0.25, 0.3) is 11.3 Å². The van der Waals surface area contributed by atoms with E-state index in [-0.39, 0.29) is 22.0 Å². The molecule has 2 rings (SSSR count). The number of benzene rings is 1. The Balaban J connectivity index is 2.67. The molecule has 0 spiro atoms. The molecule has 2 aromatic rings. The number of nitrogens with two attached hydrogens (primary N) is 1. The number of carbonyl (C=O) groups is 1. The van der Waals surface area contributed by atoms with E-state index in [1.165, 1.54) is 24.3 Å². The number of nitrogens with zero attached hydrogens (tertiary/aromatic N) is 1. The third-order valence-electron chi connectivity index (χ3n) is 2.34. The maximum atomic E-state index is 13.6. The number of hydrogen-bond donors (Lipinski definition) is 2. The largest absolute Gasteiger partial charge is 0.476 e. The highest BCUT2D eigenvalue weighted by molar-refractivity contribution is 6.35. The van der Waals surface area contributed by atoms with Gasteiger partial charge in [-0.25, -0.2) is 14.2 Å². The molecule has 92 valence electrons. The summed E-state index contributed by atoms with van der Waals surface area (Å²) in [6, 6.07) is 7.22. The zero-order valence-corrected chi connectivity index (χ0v) is 9.78. The highest BCUT2D eigenvalue weighted by Crippen LogP contribution is 2.29. The minimum atomic E-state index is -1.31. The number of hydrogen-bond acceptors (Lipinski definition) is 3. The van der Waals surface area contributed by atoms with Crippen LogP contribution in [0, 0.1) is 5.82 Å². The van der Waals surface area contributed by atoms with Gasteiger partial charge in [0, 0.05) is 5.56 Å². The van der Waals surface area contributed by atoms with E-state index in [9.17, 15) is 9.18 Å². The molecular formula is C12H8ClFN2O2. The van der Waals surface area contributed by atoms with Crippen LogP contribution in [0.4, 0.5) is 10.1 Å². The molecular weight excluding hydrogens is 259 g/mol. The van der Waals surface area contributed by atoms with Gasteiger partial charge in [0.1, 0.15) is 5.82 Å². The molecule has 0 saturated carbocycles. The molecule has 0 unspecified atom stereocenters. The second kappa shape index (κ2) is 4.62. The summed E-state index contributed by atoms with van der Waals surface area (Å²) < 4.78 is 13.6. The number of rotatable bonds is 2. The van der Waals surface area contributed by atoms with Crippen molar-refractivity contribution in [2.75, 3.05) is 5.73 Å². The van der Waals surface area contributed by atoms with E-state index in [0.717, 1.165) is 0 Å². The lowest BCUT2D eigenvalue weighted by atomic mass is 10.1. The van der Waals surface area contributed by atoms with Gasteiger partial charge in [0.25, 0.3) is 0 Å². The maximum Gasteiger partial charge on any atom is 0.356 e. The Kier molecular flexibility index (Phi) is 3.16. The van der Waals surface area contributed by atoms with Crippen LogP contribution < -0.4 is 5.73 Å². The summed E-state index contributed by atoms with van der Waals surface area (Å²) >= 11 is 5.73. The molecule has 0 saturated heterocycles. The van der Waals surface area contributed by atoms with Crippen LogP contribution in [0.3, 0.4) is 0 Å². The van der Waals surface area contributed by atoms with Crippen molar-refractivity contribution in [2.24, 2.45) is 0 Å². The second-order valence-corrected chi connectivity index (χ2v) is 3.92. The average molecular weight is 267 g/mol. The van der Waals surface area contributed by atoms with E-state index < -0.39 is 17.5 Å². The van der Waals surface area contributed by atoms with Gasteiger partial charge in [-0.1, -0.05) is 23.7 Å². The molecule has 1 heterocycles. The van der Waals surface area contributed by atoms with Gasteiger partial charge in [0.15, 0.2) is 5.69 Å². The van der Waals surface area contributed by atoms with Crippen LogP contribution in [0.2, 0.25) is 5.02 Å². The van der Waals surface area contributed by atoms with Gasteiger partial charge in [-0.3, -0.25) is 0 Å². The van der Waals surface area contributed by atoms with Crippen molar-refractivity contribution in [2.45, 2.75) is 0 Å². The van der Waals surface area contributed by atoms with E-state index in [4.69, 9.17) is 22.4 Å². The van der Waals surface area contributed by atoms with Crippen LogP contribution in [0.1, 0.15) is 10.5 Å². The van der Waals surface area contributed by atoms with E-state index in [0.29, 0.717) is 0 Å². The van der Waals surface area contributed by atoms with Crippen LogP contribution in [-0.2, 0) is 0 Å². The van der Waals surface area contributed by atoms with Crippen molar-refractivity contribution in [3.05, 3.63) is 46.9 Å². The summed E-state index contributed by atoms with van der Waals surface area (Å²) in [6.45, 7) is 0. The lowest BCUT2D eigenvalue weighted by Gasteiger charge is -2.07. The normalized spacial score (nSPS) is 10.3. The Bertz CT molecular complexity index is 631. The quantitative estimate of drug-likeness (QED) is 0.876. The first-order valence-electron chi connectivity index (χ1n) is 4.95. The molecule has 1 aromatic heterocycles. The van der Waals surface area contributed by atoms with Gasteiger partial charge in [-0.15, -0.1) is 0 Å². The van der Waals surface area contributed by atoms with Gasteiger partial charge >= 0.3 is 5.97 Å². The fraction of sp³-hybridized carbons (Fsp3) is 0. The van der Waals surface area contributed by atoms with Gasteiger partial charge < -0.3 is 10.8 Å². The summed E-state index contributed by atoms with van der Waals surface area (Å²) in [7, 11) is 0. The molecule has 1 aromatic carbocycles. The van der Waals surface area contributed by atoms with Gasteiger partial charge in [0.05, 0.1) is 16.4 Å². The maximum absolute atomic E-state index is 13.6. The monoisotopic (exact) mass is 266 g/mol. The Labute approximate surface area is 107 Å². The zero-order chi connectivity index (χ0) is 13.3. The number of carboxylic acid groups (broad SMARTS) is 1. The number of carboxylic acids is 1. The molecule has 0 bridgehead atoms. The van der Waals surface area contributed by atoms with Crippen molar-refractivity contribution in [3.63, 3.8) is 0 Å². The predicted molar refractivity (Wildman–Crippen MR) is 66.0 cm³/mol. The zero-order valence-electron chi connectivity index (χ0n) is 9.02. The van der Waals surface area contributed by atoms with Gasteiger partial charge in [-0.05, 0) is 18.2 Å². The Morgan fingerprint density at radius 2 is 2.06 bits per heavy atom. The standard InChI is InChI=1S/C12H8ClFN2O2/c13-10-8(15)5-9(16-11(10)12(17)18)6-3-1-2-4-7(6)14/h1-5H,(H2,15,16)(H,17,18). The number of halogens is 2. The lowest BCUT2D eigenvalue weighted by Crippen LogP contribution is -2.05. The van der Waals surface area contributed by atoms with Crippen molar-refractivity contribution in [1.82, 2.24) is 4.98 Å². The summed E-state index contributed by atoms with van der Waals surface area (Å²) in [6.07, 6.45) is 0. The average Bonchev–Trinajstić information content (AvgIpc) is 2.33. The molecule has 0 aliphatic rings. The van der Waals surface area contributed by atoms with Crippen molar-refractivity contribution in [1.29, 1.82) is 0 Å². The van der Waals surface area contributed by atoms with Gasteiger partial charge in [0.2, 0.25) is 0 Å². The first-order chi connectivity index (χ1) is 8.50. The first-order valence-corrected chi connectivity index (χ1v) is 5.32. The predicted octanol–water partition coefficient (Wildman–Crippen LogP) is 2.82. The molecule has 3 N–H and O–H groups in total. The summed E-state index contributed by atoms with van der Waals surface area (Å²) in [5.74, 6) is -1.83. The highest BCUT2D eigenvalue weighted by Gasteiger charge is 2.17. The van der Waals surface area contributed by atoms with E-state index in [2.05, 4.69) is 4.98 Å². The summed E-state index contributed by atoms with van der Waals surface area (Å²) in [5, 5.41) is 8.78. The molecule has 0 fully saturated rings. The minimum absolute atomic E-state index is 0.0438. The smallest absolute Gasteiger partial charge is 0.356 e. The number of nitrogen functional groups attached to an aromatic ring is 1. The van der Waals surface area contributed by atoms with E-state index >= 15 is 0 Å². The van der Waals surface area contributed by atoms with E-state index in [1.807, 2.05) is 0 Å². The minimum Gasteiger partial charge on any atom is -0.476 e. The first kappa shape index (κ1) is 12.3. The molecule has 0 aliphatic carbocycles. The van der Waals surface area contributed by atoms with E-state index in [1.54, 1.807) is 6.07 Å². The Morgan fingerprint density at radius 3 is 2.67 bits per heavy atom. The van der Waals surface area contributed by atoms with Crippen molar-refractivity contribution >= 4 is 23.3 Å². The van der Waals surface area contributed by atoms with Crippen LogP contribution in [0.15, 0.2) is 30.3 Å². The summed E-state index contributed by atoms with van der Waals surface area (Å²) in [4.78, 5) is 14.8. The van der Waals surface area contributed by atoms with Crippen LogP contribution >= 0.6 is 11.6 Å². The molecule has 0 radical (unpaired) electrons. The highest BCUT2D eigenvalue weighted by atomic mass is 35.5. The molecule has 6 heteroatoms.